The Morgan fingerprint density at radius 2 is 1.95 bits per heavy atom. The number of aromatic nitrogens is 1. The van der Waals surface area contributed by atoms with Gasteiger partial charge in [-0.3, -0.25) is 4.79 Å². The molecule has 112 valence electrons. The average Bonchev–Trinajstić information content (AvgIpc) is 2.96. The molecule has 0 bridgehead atoms. The molecule has 1 amide bonds. The lowest BCUT2D eigenvalue weighted by atomic mass is 10.2. The van der Waals surface area contributed by atoms with Crippen molar-refractivity contribution in [1.29, 1.82) is 0 Å². The Labute approximate surface area is 137 Å². The molecule has 6 heteroatoms. The molecule has 0 saturated heterocycles. The van der Waals surface area contributed by atoms with Gasteiger partial charge in [0.25, 0.3) is 5.22 Å². The predicted molar refractivity (Wildman–Crippen MR) is 88.3 cm³/mol. The van der Waals surface area contributed by atoms with Crippen LogP contribution >= 0.6 is 27.7 Å². The summed E-state index contributed by atoms with van der Waals surface area (Å²) in [4.78, 5) is 17.9. The molecule has 1 aromatic carbocycles. The summed E-state index contributed by atoms with van der Waals surface area (Å²) in [5.41, 5.74) is 0.965. The number of nitrogens with zero attached hydrogens (tertiary/aromatic N) is 2. The lowest BCUT2D eigenvalue weighted by Gasteiger charge is -2.17. The van der Waals surface area contributed by atoms with Gasteiger partial charge < -0.3 is 9.32 Å². The zero-order chi connectivity index (χ0) is 15.2. The van der Waals surface area contributed by atoms with E-state index in [1.165, 1.54) is 11.8 Å². The first kappa shape index (κ1) is 16.1. The molecular weight excluding hydrogens is 352 g/mol. The highest BCUT2D eigenvalue weighted by Gasteiger charge is 2.13. The van der Waals surface area contributed by atoms with Gasteiger partial charge >= 0.3 is 0 Å². The molecule has 0 radical (unpaired) electrons. The third-order valence-corrected chi connectivity index (χ3v) is 4.40. The van der Waals surface area contributed by atoms with Crippen molar-refractivity contribution in [2.75, 3.05) is 18.8 Å². The van der Waals surface area contributed by atoms with Gasteiger partial charge in [-0.25, -0.2) is 4.98 Å². The van der Waals surface area contributed by atoms with Crippen LogP contribution in [0.15, 0.2) is 44.6 Å². The molecule has 0 aliphatic heterocycles. The summed E-state index contributed by atoms with van der Waals surface area (Å²) in [6.07, 6.45) is 1.69. The first-order chi connectivity index (χ1) is 10.1. The maximum atomic E-state index is 11.9. The van der Waals surface area contributed by atoms with Crippen LogP contribution in [0.25, 0.3) is 11.3 Å². The number of carbonyl (C=O) groups excluding carboxylic acids is 1. The van der Waals surface area contributed by atoms with E-state index < -0.39 is 0 Å². The Balaban J connectivity index is 1.97. The molecular formula is C15H17BrN2O2S. The lowest BCUT2D eigenvalue weighted by Crippen LogP contribution is -2.31. The lowest BCUT2D eigenvalue weighted by molar-refractivity contribution is -0.127. The van der Waals surface area contributed by atoms with Gasteiger partial charge in [0.05, 0.1) is 11.9 Å². The van der Waals surface area contributed by atoms with E-state index in [-0.39, 0.29) is 5.91 Å². The molecule has 0 N–H and O–H groups in total. The van der Waals surface area contributed by atoms with Crippen molar-refractivity contribution in [3.8, 4) is 11.3 Å². The van der Waals surface area contributed by atoms with Crippen LogP contribution in [0.3, 0.4) is 0 Å². The highest BCUT2D eigenvalue weighted by molar-refractivity contribution is 9.10. The van der Waals surface area contributed by atoms with E-state index in [0.29, 0.717) is 16.7 Å². The summed E-state index contributed by atoms with van der Waals surface area (Å²) in [6.45, 7) is 5.41. The second-order valence-electron chi connectivity index (χ2n) is 4.35. The van der Waals surface area contributed by atoms with Crippen molar-refractivity contribution in [2.45, 2.75) is 19.1 Å². The normalized spacial score (nSPS) is 10.6. The van der Waals surface area contributed by atoms with Crippen LogP contribution in [0.1, 0.15) is 13.8 Å². The molecule has 0 fully saturated rings. The molecule has 21 heavy (non-hydrogen) atoms. The Hall–Kier alpha value is -1.27. The van der Waals surface area contributed by atoms with Crippen molar-refractivity contribution in [1.82, 2.24) is 9.88 Å². The van der Waals surface area contributed by atoms with Gasteiger partial charge in [-0.1, -0.05) is 39.8 Å². The van der Waals surface area contributed by atoms with Gasteiger partial charge in [-0.15, -0.1) is 0 Å². The van der Waals surface area contributed by atoms with Crippen molar-refractivity contribution >= 4 is 33.6 Å². The van der Waals surface area contributed by atoms with E-state index in [4.69, 9.17) is 4.42 Å². The zero-order valence-corrected chi connectivity index (χ0v) is 14.4. The van der Waals surface area contributed by atoms with Gasteiger partial charge in [-0.05, 0) is 26.0 Å². The summed E-state index contributed by atoms with van der Waals surface area (Å²) in [6, 6.07) is 7.82. The SMILES string of the molecule is CCN(CC)C(=O)CSc1ncc(-c2ccc(Br)cc2)o1. The van der Waals surface area contributed by atoms with Crippen LogP contribution in [-0.2, 0) is 4.79 Å². The molecule has 2 aromatic rings. The molecule has 0 aliphatic carbocycles. The van der Waals surface area contributed by atoms with Crippen LogP contribution in [0.2, 0.25) is 0 Å². The average molecular weight is 369 g/mol. The van der Waals surface area contributed by atoms with Crippen LogP contribution < -0.4 is 0 Å². The monoisotopic (exact) mass is 368 g/mol. The third kappa shape index (κ3) is 4.35. The van der Waals surface area contributed by atoms with E-state index in [1.54, 1.807) is 11.1 Å². The summed E-state index contributed by atoms with van der Waals surface area (Å²) < 4.78 is 6.69. The van der Waals surface area contributed by atoms with Crippen LogP contribution in [-0.4, -0.2) is 34.6 Å². The fourth-order valence-electron chi connectivity index (χ4n) is 1.86. The number of benzene rings is 1. The molecule has 0 unspecified atom stereocenters. The number of oxazole rings is 1. The topological polar surface area (TPSA) is 46.3 Å². The second-order valence-corrected chi connectivity index (χ2v) is 6.19. The van der Waals surface area contributed by atoms with E-state index in [0.717, 1.165) is 23.1 Å². The second kappa shape index (κ2) is 7.66. The standard InChI is InChI=1S/C15H17BrN2O2S/c1-3-18(4-2)14(19)10-21-15-17-9-13(20-15)11-5-7-12(16)8-6-11/h5-9H,3-4,10H2,1-2H3. The van der Waals surface area contributed by atoms with Crippen molar-refractivity contribution in [3.05, 3.63) is 34.9 Å². The van der Waals surface area contributed by atoms with E-state index in [9.17, 15) is 4.79 Å². The number of amides is 1. The minimum absolute atomic E-state index is 0.105. The molecule has 0 spiro atoms. The first-order valence-electron chi connectivity index (χ1n) is 6.76. The number of hydrogen-bond donors (Lipinski definition) is 0. The fourth-order valence-corrected chi connectivity index (χ4v) is 2.83. The number of halogens is 1. The summed E-state index contributed by atoms with van der Waals surface area (Å²) >= 11 is 4.73. The summed E-state index contributed by atoms with van der Waals surface area (Å²) in [5, 5.41) is 0.522. The Morgan fingerprint density at radius 3 is 2.57 bits per heavy atom. The van der Waals surface area contributed by atoms with Crippen LogP contribution in [0.5, 0.6) is 0 Å². The Bertz CT molecular complexity index is 594. The molecule has 0 saturated carbocycles. The minimum atomic E-state index is 0.105. The fraction of sp³-hybridized carbons (Fsp3) is 0.333. The van der Waals surface area contributed by atoms with Gasteiger partial charge in [0, 0.05) is 23.1 Å². The molecule has 1 heterocycles. The minimum Gasteiger partial charge on any atom is -0.431 e. The van der Waals surface area contributed by atoms with Crippen molar-refractivity contribution in [3.63, 3.8) is 0 Å². The molecule has 2 rings (SSSR count). The maximum Gasteiger partial charge on any atom is 0.256 e. The first-order valence-corrected chi connectivity index (χ1v) is 8.54. The predicted octanol–water partition coefficient (Wildman–Crippen LogP) is 4.06. The van der Waals surface area contributed by atoms with Crippen molar-refractivity contribution < 1.29 is 9.21 Å². The zero-order valence-electron chi connectivity index (χ0n) is 12.0. The third-order valence-electron chi connectivity index (χ3n) is 3.05. The highest BCUT2D eigenvalue weighted by Crippen LogP contribution is 2.26. The maximum absolute atomic E-state index is 11.9. The number of rotatable bonds is 6. The Morgan fingerprint density at radius 1 is 1.29 bits per heavy atom. The van der Waals surface area contributed by atoms with E-state index in [2.05, 4.69) is 20.9 Å². The van der Waals surface area contributed by atoms with Gasteiger partial charge in [-0.2, -0.15) is 0 Å². The molecule has 1 aromatic heterocycles. The van der Waals surface area contributed by atoms with Gasteiger partial charge in [0.2, 0.25) is 5.91 Å². The van der Waals surface area contributed by atoms with Crippen molar-refractivity contribution in [2.24, 2.45) is 0 Å². The summed E-state index contributed by atoms with van der Waals surface area (Å²) in [7, 11) is 0. The van der Waals surface area contributed by atoms with E-state index >= 15 is 0 Å². The Kier molecular flexibility index (Phi) is 5.87. The molecule has 4 nitrogen and oxygen atoms in total. The number of hydrogen-bond acceptors (Lipinski definition) is 4. The summed E-state index contributed by atoms with van der Waals surface area (Å²) in [5.74, 6) is 1.16. The van der Waals surface area contributed by atoms with E-state index in [1.807, 2.05) is 38.1 Å². The smallest absolute Gasteiger partial charge is 0.256 e. The van der Waals surface area contributed by atoms with Crippen LogP contribution in [0, 0.1) is 0 Å². The van der Waals surface area contributed by atoms with Gasteiger partial charge in [0.1, 0.15) is 0 Å². The van der Waals surface area contributed by atoms with Gasteiger partial charge in [0.15, 0.2) is 5.76 Å². The number of thioether (sulfide) groups is 1. The quantitative estimate of drug-likeness (QED) is 0.721. The highest BCUT2D eigenvalue weighted by atomic mass is 79.9. The largest absolute Gasteiger partial charge is 0.431 e. The van der Waals surface area contributed by atoms with Crippen LogP contribution in [0.4, 0.5) is 0 Å². The molecule has 0 atom stereocenters. The number of carbonyl (C=O) groups is 1. The molecule has 0 aliphatic rings.